The molecule has 26 heavy (non-hydrogen) atoms. The molecular weight excluding hydrogens is 332 g/mol. The molecule has 0 fully saturated rings. The number of anilines is 1. The predicted octanol–water partition coefficient (Wildman–Crippen LogP) is 2.62. The van der Waals surface area contributed by atoms with Crippen LogP contribution in [-0.2, 0) is 7.05 Å². The number of ether oxygens (including phenoxy) is 1. The van der Waals surface area contributed by atoms with Gasteiger partial charge in [-0.2, -0.15) is 0 Å². The molecule has 0 saturated heterocycles. The highest BCUT2D eigenvalue weighted by Gasteiger charge is 2.12. The van der Waals surface area contributed by atoms with Crippen molar-refractivity contribution in [3.63, 3.8) is 0 Å². The Morgan fingerprint density at radius 3 is 2.85 bits per heavy atom. The lowest BCUT2D eigenvalue weighted by molar-refractivity contribution is 0.102. The molecule has 8 heteroatoms. The molecule has 0 atom stereocenters. The molecule has 0 aliphatic rings. The van der Waals surface area contributed by atoms with Gasteiger partial charge >= 0.3 is 0 Å². The molecular formula is C18H16N6O2. The van der Waals surface area contributed by atoms with Crippen molar-refractivity contribution in [2.75, 3.05) is 12.4 Å². The topological polar surface area (TPSA) is 97.7 Å². The Morgan fingerprint density at radius 2 is 2.08 bits per heavy atom. The van der Waals surface area contributed by atoms with E-state index in [9.17, 15) is 4.79 Å². The van der Waals surface area contributed by atoms with E-state index in [1.807, 2.05) is 42.5 Å². The summed E-state index contributed by atoms with van der Waals surface area (Å²) in [6, 6.07) is 14.8. The Labute approximate surface area is 148 Å². The summed E-state index contributed by atoms with van der Waals surface area (Å²) < 4.78 is 6.78. The van der Waals surface area contributed by atoms with E-state index in [0.717, 1.165) is 22.2 Å². The molecule has 4 aromatic rings. The maximum absolute atomic E-state index is 12.6. The van der Waals surface area contributed by atoms with Gasteiger partial charge in [0, 0.05) is 35.3 Å². The molecule has 4 rings (SSSR count). The zero-order valence-corrected chi connectivity index (χ0v) is 14.2. The number of hydrogen-bond acceptors (Lipinski definition) is 5. The maximum Gasteiger partial charge on any atom is 0.272 e. The van der Waals surface area contributed by atoms with E-state index >= 15 is 0 Å². The molecule has 0 aliphatic carbocycles. The lowest BCUT2D eigenvalue weighted by Gasteiger charge is -2.06. The van der Waals surface area contributed by atoms with Gasteiger partial charge in [0.25, 0.3) is 5.91 Å². The normalized spacial score (nSPS) is 10.8. The van der Waals surface area contributed by atoms with Crippen LogP contribution < -0.4 is 10.1 Å². The number of carbonyl (C=O) groups is 1. The van der Waals surface area contributed by atoms with Gasteiger partial charge in [0.2, 0.25) is 0 Å². The Kier molecular flexibility index (Phi) is 3.85. The van der Waals surface area contributed by atoms with Crippen LogP contribution in [0.3, 0.4) is 0 Å². The molecule has 130 valence electrons. The predicted molar refractivity (Wildman–Crippen MR) is 97.0 cm³/mol. The van der Waals surface area contributed by atoms with Crippen molar-refractivity contribution in [1.29, 1.82) is 0 Å². The summed E-state index contributed by atoms with van der Waals surface area (Å²) in [6.45, 7) is 0. The standard InChI is InChI=1S/C18H16N6O2/c1-24-17(21-22-23-24)12-4-3-5-13(8-12)19-18(25)16-9-11-6-7-14(26-2)10-15(11)20-16/h3-10,20H,1-2H3,(H,19,25). The first kappa shape index (κ1) is 15.8. The third kappa shape index (κ3) is 2.88. The van der Waals surface area contributed by atoms with Crippen LogP contribution in [0.15, 0.2) is 48.5 Å². The number of benzene rings is 2. The molecule has 0 aliphatic heterocycles. The first-order valence-electron chi connectivity index (χ1n) is 7.95. The van der Waals surface area contributed by atoms with Crippen molar-refractivity contribution in [1.82, 2.24) is 25.2 Å². The fourth-order valence-electron chi connectivity index (χ4n) is 2.76. The number of amides is 1. The lowest BCUT2D eigenvalue weighted by atomic mass is 10.2. The van der Waals surface area contributed by atoms with Crippen LogP contribution in [0.1, 0.15) is 10.5 Å². The third-order valence-electron chi connectivity index (χ3n) is 4.07. The summed E-state index contributed by atoms with van der Waals surface area (Å²) in [5.74, 6) is 1.13. The number of nitrogens with zero attached hydrogens (tertiary/aromatic N) is 4. The molecule has 0 unspecified atom stereocenters. The Bertz CT molecular complexity index is 1100. The monoisotopic (exact) mass is 348 g/mol. The van der Waals surface area contributed by atoms with E-state index in [-0.39, 0.29) is 5.91 Å². The Hall–Kier alpha value is -3.68. The smallest absolute Gasteiger partial charge is 0.272 e. The van der Waals surface area contributed by atoms with Crippen molar-refractivity contribution in [3.8, 4) is 17.1 Å². The average molecular weight is 348 g/mol. The summed E-state index contributed by atoms with van der Waals surface area (Å²) in [5.41, 5.74) is 2.79. The zero-order valence-electron chi connectivity index (χ0n) is 14.2. The SMILES string of the molecule is COc1ccc2cc(C(=O)Nc3cccc(-c4nnnn4C)c3)[nH]c2c1. The Balaban J connectivity index is 1.59. The van der Waals surface area contributed by atoms with Gasteiger partial charge in [-0.25, -0.2) is 4.68 Å². The summed E-state index contributed by atoms with van der Waals surface area (Å²) in [4.78, 5) is 15.7. The van der Waals surface area contributed by atoms with Gasteiger partial charge < -0.3 is 15.0 Å². The van der Waals surface area contributed by atoms with Gasteiger partial charge in [-0.05, 0) is 40.8 Å². The summed E-state index contributed by atoms with van der Waals surface area (Å²) in [5, 5.41) is 15.3. The van der Waals surface area contributed by atoms with E-state index in [4.69, 9.17) is 4.74 Å². The third-order valence-corrected chi connectivity index (χ3v) is 4.07. The molecule has 1 amide bonds. The maximum atomic E-state index is 12.6. The molecule has 0 bridgehead atoms. The van der Waals surface area contributed by atoms with Crippen molar-refractivity contribution in [3.05, 3.63) is 54.2 Å². The molecule has 8 nitrogen and oxygen atoms in total. The van der Waals surface area contributed by atoms with Gasteiger partial charge in [0.05, 0.1) is 7.11 Å². The number of hydrogen-bond donors (Lipinski definition) is 2. The summed E-state index contributed by atoms with van der Waals surface area (Å²) in [7, 11) is 3.37. The lowest BCUT2D eigenvalue weighted by Crippen LogP contribution is -2.12. The minimum atomic E-state index is -0.228. The molecule has 2 aromatic heterocycles. The van der Waals surface area contributed by atoms with Crippen LogP contribution in [0.5, 0.6) is 5.75 Å². The fourth-order valence-corrected chi connectivity index (χ4v) is 2.76. The highest BCUT2D eigenvalue weighted by Crippen LogP contribution is 2.23. The number of aryl methyl sites for hydroxylation is 1. The van der Waals surface area contributed by atoms with E-state index in [2.05, 4.69) is 25.8 Å². The molecule has 2 aromatic carbocycles. The van der Waals surface area contributed by atoms with Gasteiger partial charge in [0.15, 0.2) is 5.82 Å². The van der Waals surface area contributed by atoms with Crippen LogP contribution in [0.25, 0.3) is 22.3 Å². The van der Waals surface area contributed by atoms with E-state index < -0.39 is 0 Å². The highest BCUT2D eigenvalue weighted by molar-refractivity contribution is 6.06. The minimum Gasteiger partial charge on any atom is -0.497 e. The number of fused-ring (bicyclic) bond motifs is 1. The first-order valence-corrected chi connectivity index (χ1v) is 7.95. The largest absolute Gasteiger partial charge is 0.497 e. The van der Waals surface area contributed by atoms with Crippen LogP contribution in [-0.4, -0.2) is 38.2 Å². The minimum absolute atomic E-state index is 0.228. The number of aromatic nitrogens is 5. The van der Waals surface area contributed by atoms with E-state index in [1.165, 1.54) is 0 Å². The fraction of sp³-hybridized carbons (Fsp3) is 0.111. The molecule has 2 heterocycles. The zero-order chi connectivity index (χ0) is 18.1. The molecule has 0 saturated carbocycles. The second-order valence-electron chi connectivity index (χ2n) is 5.80. The Morgan fingerprint density at radius 1 is 1.19 bits per heavy atom. The van der Waals surface area contributed by atoms with Gasteiger partial charge in [0.1, 0.15) is 11.4 Å². The van der Waals surface area contributed by atoms with Crippen LogP contribution >= 0.6 is 0 Å². The van der Waals surface area contributed by atoms with Gasteiger partial charge in [-0.3, -0.25) is 4.79 Å². The quantitative estimate of drug-likeness (QED) is 0.591. The summed E-state index contributed by atoms with van der Waals surface area (Å²) >= 11 is 0. The van der Waals surface area contributed by atoms with Crippen molar-refractivity contribution in [2.45, 2.75) is 0 Å². The number of H-pyrrole nitrogens is 1. The van der Waals surface area contributed by atoms with Gasteiger partial charge in [-0.15, -0.1) is 5.10 Å². The molecule has 0 spiro atoms. The number of aromatic amines is 1. The average Bonchev–Trinajstić information content (AvgIpc) is 3.27. The summed E-state index contributed by atoms with van der Waals surface area (Å²) in [6.07, 6.45) is 0. The highest BCUT2D eigenvalue weighted by atomic mass is 16.5. The number of carbonyl (C=O) groups excluding carboxylic acids is 1. The second kappa shape index (κ2) is 6.32. The van der Waals surface area contributed by atoms with Gasteiger partial charge in [-0.1, -0.05) is 12.1 Å². The number of rotatable bonds is 4. The van der Waals surface area contributed by atoms with E-state index in [1.54, 1.807) is 24.9 Å². The van der Waals surface area contributed by atoms with Crippen LogP contribution in [0.4, 0.5) is 5.69 Å². The molecule has 0 radical (unpaired) electrons. The molecule has 2 N–H and O–H groups in total. The second-order valence-corrected chi connectivity index (χ2v) is 5.80. The number of tetrazole rings is 1. The van der Waals surface area contributed by atoms with Crippen LogP contribution in [0, 0.1) is 0 Å². The first-order chi connectivity index (χ1) is 12.6. The van der Waals surface area contributed by atoms with Crippen molar-refractivity contribution < 1.29 is 9.53 Å². The van der Waals surface area contributed by atoms with Crippen molar-refractivity contribution >= 4 is 22.5 Å². The number of methoxy groups -OCH3 is 1. The van der Waals surface area contributed by atoms with Crippen molar-refractivity contribution in [2.24, 2.45) is 7.05 Å². The van der Waals surface area contributed by atoms with E-state index in [0.29, 0.717) is 17.2 Å². The number of nitrogens with one attached hydrogen (secondary N) is 2. The van der Waals surface area contributed by atoms with Crippen LogP contribution in [0.2, 0.25) is 0 Å².